The van der Waals surface area contributed by atoms with Crippen molar-refractivity contribution in [1.82, 2.24) is 9.88 Å². The summed E-state index contributed by atoms with van der Waals surface area (Å²) in [7, 11) is 0. The number of aliphatic hydroxyl groups excluding tert-OH is 1. The highest BCUT2D eigenvalue weighted by molar-refractivity contribution is 5.83. The molecular weight excluding hydrogens is 274 g/mol. The molecule has 4 nitrogen and oxygen atoms in total. The topological polar surface area (TPSA) is 48.4 Å². The molecule has 1 aromatic heterocycles. The first-order valence-corrected chi connectivity index (χ1v) is 8.18. The van der Waals surface area contributed by atoms with Gasteiger partial charge in [-0.3, -0.25) is 0 Å². The number of benzene rings is 1. The molecule has 2 rings (SSSR count). The van der Waals surface area contributed by atoms with E-state index in [4.69, 9.17) is 5.11 Å². The van der Waals surface area contributed by atoms with E-state index in [0.717, 1.165) is 50.4 Å². The third-order valence-corrected chi connectivity index (χ3v) is 3.84. The SMILES string of the molecule is CCCN(CCO)CCCNc1cc(C)c2ccccc2n1. The summed E-state index contributed by atoms with van der Waals surface area (Å²) in [6, 6.07) is 10.3. The number of anilines is 1. The fourth-order valence-corrected chi connectivity index (χ4v) is 2.75. The summed E-state index contributed by atoms with van der Waals surface area (Å²) in [5, 5.41) is 13.7. The molecule has 1 aromatic carbocycles. The predicted molar refractivity (Wildman–Crippen MR) is 93.4 cm³/mol. The Morgan fingerprint density at radius 3 is 2.77 bits per heavy atom. The number of aryl methyl sites for hydroxylation is 1. The Kier molecular flexibility index (Phi) is 6.62. The molecule has 1 heterocycles. The van der Waals surface area contributed by atoms with E-state index < -0.39 is 0 Å². The van der Waals surface area contributed by atoms with Crippen molar-refractivity contribution >= 4 is 16.7 Å². The Bertz CT molecular complexity index is 580. The van der Waals surface area contributed by atoms with Crippen LogP contribution in [0.25, 0.3) is 10.9 Å². The molecule has 22 heavy (non-hydrogen) atoms. The van der Waals surface area contributed by atoms with Gasteiger partial charge in [-0.1, -0.05) is 25.1 Å². The standard InChI is InChI=1S/C18H27N3O/c1-3-10-21(12-13-22)11-6-9-19-18-14-15(2)16-7-4-5-8-17(16)20-18/h4-5,7-8,14,22H,3,6,9-13H2,1-2H3,(H,19,20). The van der Waals surface area contributed by atoms with E-state index in [9.17, 15) is 0 Å². The molecule has 0 fully saturated rings. The van der Waals surface area contributed by atoms with Crippen LogP contribution < -0.4 is 5.32 Å². The molecule has 0 aliphatic rings. The molecule has 0 bridgehead atoms. The van der Waals surface area contributed by atoms with Crippen LogP contribution in [0.15, 0.2) is 30.3 Å². The first kappa shape index (κ1) is 16.7. The van der Waals surface area contributed by atoms with Crippen molar-refractivity contribution in [3.63, 3.8) is 0 Å². The summed E-state index contributed by atoms with van der Waals surface area (Å²) >= 11 is 0. The van der Waals surface area contributed by atoms with E-state index in [2.05, 4.69) is 47.2 Å². The van der Waals surface area contributed by atoms with Crippen molar-refractivity contribution in [1.29, 1.82) is 0 Å². The van der Waals surface area contributed by atoms with Crippen molar-refractivity contribution in [3.8, 4) is 0 Å². The Morgan fingerprint density at radius 1 is 1.18 bits per heavy atom. The van der Waals surface area contributed by atoms with E-state index in [1.54, 1.807) is 0 Å². The monoisotopic (exact) mass is 301 g/mol. The molecule has 2 aromatic rings. The van der Waals surface area contributed by atoms with E-state index >= 15 is 0 Å². The summed E-state index contributed by atoms with van der Waals surface area (Å²) in [6.07, 6.45) is 2.17. The zero-order valence-corrected chi connectivity index (χ0v) is 13.7. The maximum atomic E-state index is 9.06. The van der Waals surface area contributed by atoms with E-state index in [1.165, 1.54) is 10.9 Å². The van der Waals surface area contributed by atoms with Gasteiger partial charge in [0, 0.05) is 18.5 Å². The van der Waals surface area contributed by atoms with Gasteiger partial charge in [0.25, 0.3) is 0 Å². The van der Waals surface area contributed by atoms with Gasteiger partial charge in [0.15, 0.2) is 0 Å². The summed E-state index contributed by atoms with van der Waals surface area (Å²) in [4.78, 5) is 6.97. The molecule has 0 aliphatic carbocycles. The number of nitrogens with zero attached hydrogens (tertiary/aromatic N) is 2. The van der Waals surface area contributed by atoms with Gasteiger partial charge in [-0.05, 0) is 50.6 Å². The molecule has 0 saturated carbocycles. The van der Waals surface area contributed by atoms with Crippen LogP contribution in [0.2, 0.25) is 0 Å². The largest absolute Gasteiger partial charge is 0.395 e. The van der Waals surface area contributed by atoms with Gasteiger partial charge in [-0.15, -0.1) is 0 Å². The smallest absolute Gasteiger partial charge is 0.126 e. The number of hydrogen-bond acceptors (Lipinski definition) is 4. The molecule has 4 heteroatoms. The number of aliphatic hydroxyl groups is 1. The molecule has 120 valence electrons. The lowest BCUT2D eigenvalue weighted by atomic mass is 10.1. The Hall–Kier alpha value is -1.65. The van der Waals surface area contributed by atoms with Crippen molar-refractivity contribution in [3.05, 3.63) is 35.9 Å². The molecule has 2 N–H and O–H groups in total. The van der Waals surface area contributed by atoms with Gasteiger partial charge >= 0.3 is 0 Å². The van der Waals surface area contributed by atoms with Crippen molar-refractivity contribution < 1.29 is 5.11 Å². The zero-order chi connectivity index (χ0) is 15.8. The van der Waals surface area contributed by atoms with Gasteiger partial charge in [0.1, 0.15) is 5.82 Å². The maximum Gasteiger partial charge on any atom is 0.126 e. The third kappa shape index (κ3) is 4.68. The third-order valence-electron chi connectivity index (χ3n) is 3.84. The molecule has 0 unspecified atom stereocenters. The predicted octanol–water partition coefficient (Wildman–Crippen LogP) is 3.05. The van der Waals surface area contributed by atoms with E-state index in [1.807, 2.05) is 12.1 Å². The van der Waals surface area contributed by atoms with Crippen molar-refractivity contribution in [2.45, 2.75) is 26.7 Å². The summed E-state index contributed by atoms with van der Waals surface area (Å²) < 4.78 is 0. The quantitative estimate of drug-likeness (QED) is 0.699. The van der Waals surface area contributed by atoms with Crippen LogP contribution in [0.4, 0.5) is 5.82 Å². The minimum atomic E-state index is 0.235. The molecule has 0 spiro atoms. The average molecular weight is 301 g/mol. The van der Waals surface area contributed by atoms with E-state index in [0.29, 0.717) is 0 Å². The van der Waals surface area contributed by atoms with Crippen molar-refractivity contribution in [2.75, 3.05) is 38.1 Å². The van der Waals surface area contributed by atoms with Crippen LogP contribution in [0, 0.1) is 6.92 Å². The second kappa shape index (κ2) is 8.71. The second-order valence-corrected chi connectivity index (χ2v) is 5.69. The normalized spacial score (nSPS) is 11.3. The fourth-order valence-electron chi connectivity index (χ4n) is 2.75. The summed E-state index contributed by atoms with van der Waals surface area (Å²) in [5.74, 6) is 0.945. The first-order valence-electron chi connectivity index (χ1n) is 8.18. The van der Waals surface area contributed by atoms with Crippen LogP contribution in [0.1, 0.15) is 25.3 Å². The molecule has 0 saturated heterocycles. The minimum Gasteiger partial charge on any atom is -0.395 e. The van der Waals surface area contributed by atoms with Crippen LogP contribution >= 0.6 is 0 Å². The Labute approximate surface area is 133 Å². The zero-order valence-electron chi connectivity index (χ0n) is 13.7. The van der Waals surface area contributed by atoms with Gasteiger partial charge in [0.05, 0.1) is 12.1 Å². The highest BCUT2D eigenvalue weighted by Crippen LogP contribution is 2.19. The second-order valence-electron chi connectivity index (χ2n) is 5.69. The van der Waals surface area contributed by atoms with Gasteiger partial charge in [-0.2, -0.15) is 0 Å². The first-order chi connectivity index (χ1) is 10.7. The number of aromatic nitrogens is 1. The molecule has 0 atom stereocenters. The van der Waals surface area contributed by atoms with Gasteiger partial charge in [0.2, 0.25) is 0 Å². The van der Waals surface area contributed by atoms with Crippen LogP contribution in [0.5, 0.6) is 0 Å². The fraction of sp³-hybridized carbons (Fsp3) is 0.500. The molecule has 0 aliphatic heterocycles. The van der Waals surface area contributed by atoms with Gasteiger partial charge < -0.3 is 15.3 Å². The number of rotatable bonds is 9. The number of fused-ring (bicyclic) bond motifs is 1. The summed E-state index contributed by atoms with van der Waals surface area (Å²) in [6.45, 7) is 8.25. The number of pyridine rings is 1. The molecule has 0 radical (unpaired) electrons. The lowest BCUT2D eigenvalue weighted by molar-refractivity contribution is 0.195. The van der Waals surface area contributed by atoms with Gasteiger partial charge in [-0.25, -0.2) is 4.98 Å². The number of nitrogens with one attached hydrogen (secondary N) is 1. The van der Waals surface area contributed by atoms with Crippen LogP contribution in [0.3, 0.4) is 0 Å². The minimum absolute atomic E-state index is 0.235. The highest BCUT2D eigenvalue weighted by atomic mass is 16.3. The number of para-hydroxylation sites is 1. The van der Waals surface area contributed by atoms with Crippen LogP contribution in [-0.4, -0.2) is 47.8 Å². The summed E-state index contributed by atoms with van der Waals surface area (Å²) in [5.41, 5.74) is 2.29. The Balaban J connectivity index is 1.86. The maximum absolute atomic E-state index is 9.06. The van der Waals surface area contributed by atoms with E-state index in [-0.39, 0.29) is 6.61 Å². The Morgan fingerprint density at radius 2 is 2.00 bits per heavy atom. The molecule has 0 amide bonds. The lowest BCUT2D eigenvalue weighted by Crippen LogP contribution is -2.29. The number of hydrogen-bond donors (Lipinski definition) is 2. The average Bonchev–Trinajstić information content (AvgIpc) is 2.52. The molecular formula is C18H27N3O. The van der Waals surface area contributed by atoms with Crippen LogP contribution in [-0.2, 0) is 0 Å². The lowest BCUT2D eigenvalue weighted by Gasteiger charge is -2.20. The van der Waals surface area contributed by atoms with Crippen molar-refractivity contribution in [2.24, 2.45) is 0 Å². The highest BCUT2D eigenvalue weighted by Gasteiger charge is 2.04.